The van der Waals surface area contributed by atoms with Crippen molar-refractivity contribution in [2.45, 2.75) is 6.42 Å². The number of benzene rings is 3. The van der Waals surface area contributed by atoms with Crippen LogP contribution in [0.25, 0.3) is 11.1 Å². The fourth-order valence-corrected chi connectivity index (χ4v) is 2.96. The highest BCUT2D eigenvalue weighted by Gasteiger charge is 2.13. The van der Waals surface area contributed by atoms with Gasteiger partial charge in [-0.25, -0.2) is 0 Å². The number of hydrogen-bond acceptors (Lipinski definition) is 3. The molecule has 0 fully saturated rings. The molecule has 1 heterocycles. The summed E-state index contributed by atoms with van der Waals surface area (Å²) < 4.78 is 11.1. The highest BCUT2D eigenvalue weighted by Crippen LogP contribution is 2.31. The number of hydrogen-bond donors (Lipinski definition) is 1. The summed E-state index contributed by atoms with van der Waals surface area (Å²) in [6.07, 6.45) is 0.289. The maximum Gasteiger partial charge on any atom is 0.228 e. The summed E-state index contributed by atoms with van der Waals surface area (Å²) in [6.45, 7) is 1.10. The van der Waals surface area contributed by atoms with E-state index in [1.807, 2.05) is 60.7 Å². The molecule has 1 aliphatic rings. The predicted octanol–water partition coefficient (Wildman–Crippen LogP) is 4.31. The van der Waals surface area contributed by atoms with Crippen molar-refractivity contribution >= 4 is 11.6 Å². The zero-order valence-corrected chi connectivity index (χ0v) is 14.3. The van der Waals surface area contributed by atoms with Crippen molar-refractivity contribution in [1.29, 1.82) is 0 Å². The second kappa shape index (κ2) is 7.31. The number of ether oxygens (including phenoxy) is 2. The second-order valence-corrected chi connectivity index (χ2v) is 6.15. The molecule has 1 aliphatic heterocycles. The predicted molar refractivity (Wildman–Crippen MR) is 102 cm³/mol. The van der Waals surface area contributed by atoms with E-state index in [9.17, 15) is 4.79 Å². The molecule has 0 atom stereocenters. The van der Waals surface area contributed by atoms with Gasteiger partial charge in [0.1, 0.15) is 13.2 Å². The highest BCUT2D eigenvalue weighted by atomic mass is 16.6. The first-order valence-corrected chi connectivity index (χ1v) is 8.62. The molecule has 0 radical (unpaired) electrons. The molecule has 1 amide bonds. The molecule has 3 aromatic rings. The minimum Gasteiger partial charge on any atom is -0.486 e. The number of anilines is 1. The fraction of sp³-hybridized carbons (Fsp3) is 0.136. The molecule has 3 aromatic carbocycles. The first kappa shape index (κ1) is 16.2. The van der Waals surface area contributed by atoms with Crippen LogP contribution in [-0.2, 0) is 11.2 Å². The molecule has 130 valence electrons. The summed E-state index contributed by atoms with van der Waals surface area (Å²) >= 11 is 0. The van der Waals surface area contributed by atoms with Gasteiger partial charge in [0.05, 0.1) is 6.42 Å². The van der Waals surface area contributed by atoms with E-state index >= 15 is 0 Å². The van der Waals surface area contributed by atoms with Gasteiger partial charge in [-0.1, -0.05) is 48.5 Å². The van der Waals surface area contributed by atoms with Crippen LogP contribution in [0.4, 0.5) is 5.69 Å². The summed E-state index contributed by atoms with van der Waals surface area (Å²) in [6, 6.07) is 23.6. The van der Waals surface area contributed by atoms with Crippen LogP contribution in [0.2, 0.25) is 0 Å². The number of rotatable bonds is 4. The molecule has 0 saturated heterocycles. The first-order valence-electron chi connectivity index (χ1n) is 8.62. The van der Waals surface area contributed by atoms with Gasteiger partial charge in [0, 0.05) is 5.69 Å². The average Bonchev–Trinajstić information content (AvgIpc) is 2.69. The number of amides is 1. The van der Waals surface area contributed by atoms with Gasteiger partial charge in [-0.05, 0) is 41.0 Å². The van der Waals surface area contributed by atoms with Crippen LogP contribution in [0.15, 0.2) is 72.8 Å². The lowest BCUT2D eigenvalue weighted by Crippen LogP contribution is -2.17. The summed E-state index contributed by atoms with van der Waals surface area (Å²) in [5.41, 5.74) is 3.96. The molecular formula is C22H19NO3. The van der Waals surface area contributed by atoms with Gasteiger partial charge in [-0.3, -0.25) is 4.79 Å². The lowest BCUT2D eigenvalue weighted by atomic mass is 10.1. The molecule has 1 N–H and O–H groups in total. The van der Waals surface area contributed by atoms with Crippen LogP contribution in [0.1, 0.15) is 5.56 Å². The zero-order chi connectivity index (χ0) is 17.8. The van der Waals surface area contributed by atoms with E-state index in [4.69, 9.17) is 9.47 Å². The smallest absolute Gasteiger partial charge is 0.228 e. The fourth-order valence-electron chi connectivity index (χ4n) is 2.96. The maximum atomic E-state index is 12.3. The summed E-state index contributed by atoms with van der Waals surface area (Å²) in [5, 5.41) is 2.94. The minimum absolute atomic E-state index is 0.0610. The van der Waals surface area contributed by atoms with Crippen LogP contribution in [0, 0.1) is 0 Å². The number of carbonyl (C=O) groups excluding carboxylic acids is 1. The molecule has 4 heteroatoms. The highest BCUT2D eigenvalue weighted by molar-refractivity contribution is 5.92. The quantitative estimate of drug-likeness (QED) is 0.767. The third-order valence-electron chi connectivity index (χ3n) is 4.25. The van der Waals surface area contributed by atoms with Gasteiger partial charge < -0.3 is 14.8 Å². The van der Waals surface area contributed by atoms with E-state index in [1.54, 1.807) is 0 Å². The number of nitrogens with one attached hydrogen (secondary N) is 1. The Kier molecular flexibility index (Phi) is 4.56. The zero-order valence-electron chi connectivity index (χ0n) is 14.3. The largest absolute Gasteiger partial charge is 0.486 e. The molecule has 0 spiro atoms. The van der Waals surface area contributed by atoms with E-state index < -0.39 is 0 Å². The van der Waals surface area contributed by atoms with Crippen molar-refractivity contribution in [2.75, 3.05) is 18.5 Å². The Labute approximate surface area is 152 Å². The second-order valence-electron chi connectivity index (χ2n) is 6.15. The van der Waals surface area contributed by atoms with Crippen LogP contribution >= 0.6 is 0 Å². The summed E-state index contributed by atoms with van der Waals surface area (Å²) in [4.78, 5) is 12.3. The van der Waals surface area contributed by atoms with E-state index in [-0.39, 0.29) is 12.3 Å². The van der Waals surface area contributed by atoms with Crippen molar-refractivity contribution in [1.82, 2.24) is 0 Å². The van der Waals surface area contributed by atoms with Crippen LogP contribution < -0.4 is 14.8 Å². The van der Waals surface area contributed by atoms with E-state index in [0.717, 1.165) is 28.1 Å². The van der Waals surface area contributed by atoms with Gasteiger partial charge in [0.15, 0.2) is 11.5 Å². The normalized spacial score (nSPS) is 12.5. The molecular weight excluding hydrogens is 326 g/mol. The summed E-state index contributed by atoms with van der Waals surface area (Å²) in [5.74, 6) is 1.37. The lowest BCUT2D eigenvalue weighted by Gasteiger charge is -2.18. The monoisotopic (exact) mass is 345 g/mol. The van der Waals surface area contributed by atoms with Crippen molar-refractivity contribution in [3.63, 3.8) is 0 Å². The van der Waals surface area contributed by atoms with Crippen molar-refractivity contribution in [2.24, 2.45) is 0 Å². The Balaban J connectivity index is 1.40. The SMILES string of the molecule is O=C(Cc1ccc2c(c1)OCCO2)Nc1ccc(-c2ccccc2)cc1. The lowest BCUT2D eigenvalue weighted by molar-refractivity contribution is -0.115. The van der Waals surface area contributed by atoms with Gasteiger partial charge in [-0.15, -0.1) is 0 Å². The van der Waals surface area contributed by atoms with Crippen molar-refractivity contribution in [3.8, 4) is 22.6 Å². The molecule has 4 nitrogen and oxygen atoms in total. The first-order chi connectivity index (χ1) is 12.8. The van der Waals surface area contributed by atoms with E-state index in [0.29, 0.717) is 19.0 Å². The van der Waals surface area contributed by atoms with Gasteiger partial charge in [-0.2, -0.15) is 0 Å². The van der Waals surface area contributed by atoms with Crippen LogP contribution in [0.5, 0.6) is 11.5 Å². The van der Waals surface area contributed by atoms with E-state index in [1.165, 1.54) is 0 Å². The van der Waals surface area contributed by atoms with Gasteiger partial charge in [0.2, 0.25) is 5.91 Å². The van der Waals surface area contributed by atoms with Crippen molar-refractivity contribution < 1.29 is 14.3 Å². The molecule has 4 rings (SSSR count). The molecule has 0 unspecified atom stereocenters. The van der Waals surface area contributed by atoms with Gasteiger partial charge in [0.25, 0.3) is 0 Å². The Morgan fingerprint density at radius 2 is 1.50 bits per heavy atom. The Morgan fingerprint density at radius 3 is 2.27 bits per heavy atom. The standard InChI is InChI=1S/C22H19NO3/c24-22(15-16-6-11-20-21(14-16)26-13-12-25-20)23-19-9-7-18(8-10-19)17-4-2-1-3-5-17/h1-11,14H,12-13,15H2,(H,23,24). The number of fused-ring (bicyclic) bond motifs is 1. The number of carbonyl (C=O) groups is 1. The molecule has 0 bridgehead atoms. The van der Waals surface area contributed by atoms with Gasteiger partial charge >= 0.3 is 0 Å². The molecule has 0 aromatic heterocycles. The average molecular weight is 345 g/mol. The molecule has 26 heavy (non-hydrogen) atoms. The Hall–Kier alpha value is -3.27. The Morgan fingerprint density at radius 1 is 0.808 bits per heavy atom. The minimum atomic E-state index is -0.0610. The Bertz CT molecular complexity index is 904. The molecule has 0 aliphatic carbocycles. The van der Waals surface area contributed by atoms with Crippen molar-refractivity contribution in [3.05, 3.63) is 78.4 Å². The topological polar surface area (TPSA) is 47.6 Å². The third kappa shape index (κ3) is 3.70. The molecule has 0 saturated carbocycles. The third-order valence-corrected chi connectivity index (χ3v) is 4.25. The van der Waals surface area contributed by atoms with E-state index in [2.05, 4.69) is 17.4 Å². The maximum absolute atomic E-state index is 12.3. The van der Waals surface area contributed by atoms with Crippen LogP contribution in [-0.4, -0.2) is 19.1 Å². The van der Waals surface area contributed by atoms with Crippen LogP contribution in [0.3, 0.4) is 0 Å². The summed E-state index contributed by atoms with van der Waals surface area (Å²) in [7, 11) is 0.